The Labute approximate surface area is 191 Å². The van der Waals surface area contributed by atoms with Crippen LogP contribution in [0.15, 0.2) is 24.3 Å². The van der Waals surface area contributed by atoms with E-state index in [0.717, 1.165) is 12.0 Å². The van der Waals surface area contributed by atoms with E-state index in [1.54, 1.807) is 17.0 Å². The van der Waals surface area contributed by atoms with Crippen molar-refractivity contribution in [3.05, 3.63) is 35.4 Å². The van der Waals surface area contributed by atoms with Crippen molar-refractivity contribution in [3.63, 3.8) is 0 Å². The molecule has 3 atom stereocenters. The second-order valence-corrected chi connectivity index (χ2v) is 8.86. The second kappa shape index (κ2) is 11.3. The maximum atomic E-state index is 12.9. The number of hydrogen-bond acceptors (Lipinski definition) is 8. The molecule has 174 valence electrons. The highest BCUT2D eigenvalue weighted by atomic mass is 32.2. The molecule has 1 aromatic rings. The van der Waals surface area contributed by atoms with Gasteiger partial charge in [0.1, 0.15) is 18.7 Å². The first kappa shape index (κ1) is 24.1. The third kappa shape index (κ3) is 6.01. The van der Waals surface area contributed by atoms with Gasteiger partial charge in [-0.15, -0.1) is 0 Å². The molecule has 9 nitrogen and oxygen atoms in total. The van der Waals surface area contributed by atoms with Crippen LogP contribution in [-0.4, -0.2) is 79.3 Å². The quantitative estimate of drug-likeness (QED) is 0.631. The van der Waals surface area contributed by atoms with Gasteiger partial charge >= 0.3 is 11.9 Å². The summed E-state index contributed by atoms with van der Waals surface area (Å²) < 4.78 is 10.4. The first-order chi connectivity index (χ1) is 15.4. The van der Waals surface area contributed by atoms with Gasteiger partial charge in [0.05, 0.1) is 18.7 Å². The SMILES string of the molecule is COC(=O)[C@H]1CSCc2ccccc2C(=O)OC[C@H](NC(=O)[C@@H]2CCCN2C(C)=O)CN1. The highest BCUT2D eigenvalue weighted by molar-refractivity contribution is 7.98. The van der Waals surface area contributed by atoms with Gasteiger partial charge in [-0.2, -0.15) is 11.8 Å². The van der Waals surface area contributed by atoms with Gasteiger partial charge in [0, 0.05) is 31.5 Å². The average molecular weight is 464 g/mol. The van der Waals surface area contributed by atoms with Gasteiger partial charge in [-0.25, -0.2) is 4.79 Å². The molecule has 0 aromatic heterocycles. The van der Waals surface area contributed by atoms with Gasteiger partial charge in [-0.1, -0.05) is 18.2 Å². The smallest absolute Gasteiger partial charge is 0.338 e. The Kier molecular flexibility index (Phi) is 8.52. The molecule has 0 bridgehead atoms. The minimum atomic E-state index is -0.579. The number of carbonyl (C=O) groups excluding carboxylic acids is 4. The number of hydrogen-bond donors (Lipinski definition) is 2. The first-order valence-corrected chi connectivity index (χ1v) is 11.8. The molecule has 0 unspecified atom stereocenters. The zero-order chi connectivity index (χ0) is 23.1. The zero-order valence-corrected chi connectivity index (χ0v) is 19.1. The fourth-order valence-electron chi connectivity index (χ4n) is 3.89. The number of nitrogens with zero attached hydrogens (tertiary/aromatic N) is 1. The fourth-order valence-corrected chi connectivity index (χ4v) is 4.97. The lowest BCUT2D eigenvalue weighted by molar-refractivity contribution is -0.142. The highest BCUT2D eigenvalue weighted by Crippen LogP contribution is 2.20. The van der Waals surface area contributed by atoms with E-state index in [2.05, 4.69) is 10.6 Å². The predicted molar refractivity (Wildman–Crippen MR) is 119 cm³/mol. The monoisotopic (exact) mass is 463 g/mol. The molecule has 0 aliphatic carbocycles. The standard InChI is InChI=1S/C22H29N3O6S/c1-14(26)25-9-5-8-19(25)20(27)24-16-10-23-18(22(29)30-2)13-32-12-15-6-3-4-7-17(15)21(28)31-11-16/h3-4,6-7,16,18-19,23H,5,8-13H2,1-2H3,(H,24,27)/t16-,18-,19+/m1/s1. The minimum absolute atomic E-state index is 0.0697. The number of esters is 2. The lowest BCUT2D eigenvalue weighted by atomic mass is 10.1. The van der Waals surface area contributed by atoms with E-state index in [1.807, 2.05) is 12.1 Å². The number of carbonyl (C=O) groups is 4. The van der Waals surface area contributed by atoms with E-state index < -0.39 is 30.1 Å². The van der Waals surface area contributed by atoms with Gasteiger partial charge in [-0.3, -0.25) is 14.4 Å². The van der Waals surface area contributed by atoms with E-state index in [1.165, 1.54) is 25.8 Å². The Hall–Kier alpha value is -2.59. The van der Waals surface area contributed by atoms with Gasteiger partial charge in [-0.05, 0) is 24.5 Å². The van der Waals surface area contributed by atoms with E-state index in [9.17, 15) is 19.2 Å². The van der Waals surface area contributed by atoms with Crippen LogP contribution in [0.2, 0.25) is 0 Å². The molecule has 1 saturated heterocycles. The summed E-state index contributed by atoms with van der Waals surface area (Å²) in [6.45, 7) is 2.12. The molecule has 1 aromatic carbocycles. The molecule has 1 fully saturated rings. The summed E-state index contributed by atoms with van der Waals surface area (Å²) in [6, 6.07) is 5.47. The number of cyclic esters (lactones) is 1. The van der Waals surface area contributed by atoms with Gasteiger partial charge in [0.15, 0.2) is 0 Å². The van der Waals surface area contributed by atoms with E-state index in [0.29, 0.717) is 30.0 Å². The van der Waals surface area contributed by atoms with Crippen molar-refractivity contribution in [1.82, 2.24) is 15.5 Å². The van der Waals surface area contributed by atoms with Crippen molar-refractivity contribution in [2.45, 2.75) is 43.6 Å². The second-order valence-electron chi connectivity index (χ2n) is 7.83. The molecule has 2 amide bonds. The van der Waals surface area contributed by atoms with Crippen molar-refractivity contribution in [1.29, 1.82) is 0 Å². The Morgan fingerprint density at radius 1 is 1.28 bits per heavy atom. The van der Waals surface area contributed by atoms with Crippen LogP contribution >= 0.6 is 11.8 Å². The molecular formula is C22H29N3O6S. The van der Waals surface area contributed by atoms with Crippen molar-refractivity contribution in [2.24, 2.45) is 0 Å². The van der Waals surface area contributed by atoms with Gasteiger partial charge in [0.2, 0.25) is 11.8 Å². The van der Waals surface area contributed by atoms with Crippen LogP contribution in [0, 0.1) is 0 Å². The number of fused-ring (bicyclic) bond motifs is 1. The maximum absolute atomic E-state index is 12.9. The normalized spacial score (nSPS) is 24.4. The van der Waals surface area contributed by atoms with Crippen LogP contribution in [0.5, 0.6) is 0 Å². The molecule has 2 N–H and O–H groups in total. The molecule has 0 radical (unpaired) electrons. The molecular weight excluding hydrogens is 434 g/mol. The number of ether oxygens (including phenoxy) is 2. The minimum Gasteiger partial charge on any atom is -0.468 e. The summed E-state index contributed by atoms with van der Waals surface area (Å²) in [5.41, 5.74) is 1.28. The van der Waals surface area contributed by atoms with Crippen molar-refractivity contribution in [2.75, 3.05) is 32.6 Å². The largest absolute Gasteiger partial charge is 0.468 e. The molecule has 0 spiro atoms. The molecule has 2 heterocycles. The van der Waals surface area contributed by atoms with Crippen LogP contribution in [0.1, 0.15) is 35.7 Å². The Bertz CT molecular complexity index is 864. The number of rotatable bonds is 3. The molecule has 2 aliphatic rings. The van der Waals surface area contributed by atoms with Crippen molar-refractivity contribution >= 4 is 35.5 Å². The Morgan fingerprint density at radius 3 is 2.81 bits per heavy atom. The van der Waals surface area contributed by atoms with Crippen LogP contribution in [-0.2, 0) is 29.6 Å². The highest BCUT2D eigenvalue weighted by Gasteiger charge is 2.34. The number of likely N-dealkylation sites (tertiary alicyclic amines) is 1. The molecule has 3 rings (SSSR count). The topological polar surface area (TPSA) is 114 Å². The van der Waals surface area contributed by atoms with Crippen LogP contribution in [0.25, 0.3) is 0 Å². The number of methoxy groups -OCH3 is 1. The number of benzene rings is 1. The lowest BCUT2D eigenvalue weighted by Crippen LogP contribution is -2.54. The number of nitrogens with one attached hydrogen (secondary N) is 2. The molecule has 2 aliphatic heterocycles. The third-order valence-electron chi connectivity index (χ3n) is 5.60. The van der Waals surface area contributed by atoms with Crippen LogP contribution < -0.4 is 10.6 Å². The number of thioether (sulfide) groups is 1. The first-order valence-electron chi connectivity index (χ1n) is 10.6. The zero-order valence-electron chi connectivity index (χ0n) is 18.3. The van der Waals surface area contributed by atoms with Crippen molar-refractivity contribution < 1.29 is 28.7 Å². The maximum Gasteiger partial charge on any atom is 0.338 e. The lowest BCUT2D eigenvalue weighted by Gasteiger charge is -2.27. The summed E-state index contributed by atoms with van der Waals surface area (Å²) in [7, 11) is 1.33. The van der Waals surface area contributed by atoms with Gasteiger partial charge < -0.3 is 25.0 Å². The summed E-state index contributed by atoms with van der Waals surface area (Å²) in [6.07, 6.45) is 1.34. The summed E-state index contributed by atoms with van der Waals surface area (Å²) in [5.74, 6) is -0.316. The van der Waals surface area contributed by atoms with E-state index in [-0.39, 0.29) is 25.0 Å². The van der Waals surface area contributed by atoms with Crippen LogP contribution in [0.3, 0.4) is 0 Å². The summed E-state index contributed by atoms with van der Waals surface area (Å²) in [5, 5.41) is 6.01. The summed E-state index contributed by atoms with van der Waals surface area (Å²) in [4.78, 5) is 51.2. The average Bonchev–Trinajstić information content (AvgIpc) is 3.28. The fraction of sp³-hybridized carbons (Fsp3) is 0.545. The predicted octanol–water partition coefficient (Wildman–Crippen LogP) is 0.717. The van der Waals surface area contributed by atoms with Crippen LogP contribution in [0.4, 0.5) is 0 Å². The van der Waals surface area contributed by atoms with E-state index in [4.69, 9.17) is 9.47 Å². The molecule has 10 heteroatoms. The Balaban J connectivity index is 1.76. The molecule has 32 heavy (non-hydrogen) atoms. The number of amides is 2. The third-order valence-corrected chi connectivity index (χ3v) is 6.68. The van der Waals surface area contributed by atoms with E-state index >= 15 is 0 Å². The van der Waals surface area contributed by atoms with Gasteiger partial charge in [0.25, 0.3) is 0 Å². The Morgan fingerprint density at radius 2 is 2.06 bits per heavy atom. The van der Waals surface area contributed by atoms with Crippen molar-refractivity contribution in [3.8, 4) is 0 Å². The molecule has 0 saturated carbocycles. The summed E-state index contributed by atoms with van der Waals surface area (Å²) >= 11 is 1.50.